The first-order chi connectivity index (χ1) is 10.1. The summed E-state index contributed by atoms with van der Waals surface area (Å²) in [5, 5.41) is 1.55. The highest BCUT2D eigenvalue weighted by molar-refractivity contribution is 7.21. The van der Waals surface area contributed by atoms with E-state index in [0.717, 1.165) is 36.0 Å². The standard InChI is InChI=1S/C16H19ClN2OS/c1-10(18)11-5-4-8-19(9-11)16(20)15-14(17)12-6-2-3-7-13(12)21-15/h2-3,6-7,10-11H,4-5,8-9,18H2,1H3/t10-,11+/m1/s1. The van der Waals surface area contributed by atoms with Crippen LogP contribution in [0.1, 0.15) is 29.4 Å². The van der Waals surface area contributed by atoms with E-state index < -0.39 is 0 Å². The van der Waals surface area contributed by atoms with Gasteiger partial charge in [-0.2, -0.15) is 0 Å². The highest BCUT2D eigenvalue weighted by Gasteiger charge is 2.28. The summed E-state index contributed by atoms with van der Waals surface area (Å²) in [5.41, 5.74) is 6.00. The van der Waals surface area contributed by atoms with Crippen molar-refractivity contribution >= 4 is 38.9 Å². The molecule has 1 aliphatic heterocycles. The van der Waals surface area contributed by atoms with E-state index in [4.69, 9.17) is 17.3 Å². The van der Waals surface area contributed by atoms with E-state index >= 15 is 0 Å². The average Bonchev–Trinajstić information content (AvgIpc) is 2.84. The highest BCUT2D eigenvalue weighted by atomic mass is 35.5. The molecule has 21 heavy (non-hydrogen) atoms. The van der Waals surface area contributed by atoms with Crippen molar-refractivity contribution in [2.45, 2.75) is 25.8 Å². The summed E-state index contributed by atoms with van der Waals surface area (Å²) in [6.07, 6.45) is 2.11. The second-order valence-electron chi connectivity index (χ2n) is 5.75. The molecule has 1 amide bonds. The van der Waals surface area contributed by atoms with Crippen LogP contribution in [0.25, 0.3) is 10.1 Å². The Morgan fingerprint density at radius 3 is 2.95 bits per heavy atom. The van der Waals surface area contributed by atoms with Gasteiger partial charge in [-0.25, -0.2) is 0 Å². The van der Waals surface area contributed by atoms with Crippen molar-refractivity contribution in [3.63, 3.8) is 0 Å². The van der Waals surface area contributed by atoms with Gasteiger partial charge in [0, 0.05) is 29.2 Å². The number of likely N-dealkylation sites (tertiary alicyclic amines) is 1. The SMILES string of the molecule is C[C@@H](N)[C@H]1CCCN(C(=O)c2sc3ccccc3c2Cl)C1. The molecule has 1 aromatic carbocycles. The van der Waals surface area contributed by atoms with Gasteiger partial charge in [-0.15, -0.1) is 11.3 Å². The normalized spacial score (nSPS) is 20.7. The molecule has 2 heterocycles. The molecule has 3 rings (SSSR count). The molecule has 5 heteroatoms. The number of amides is 1. The number of piperidine rings is 1. The zero-order chi connectivity index (χ0) is 15.0. The molecular weight excluding hydrogens is 304 g/mol. The minimum Gasteiger partial charge on any atom is -0.338 e. The third-order valence-electron chi connectivity index (χ3n) is 4.22. The average molecular weight is 323 g/mol. The predicted octanol–water partition coefficient (Wildman–Crippen LogP) is 3.75. The summed E-state index contributed by atoms with van der Waals surface area (Å²) < 4.78 is 1.06. The number of hydrogen-bond donors (Lipinski definition) is 1. The summed E-state index contributed by atoms with van der Waals surface area (Å²) in [7, 11) is 0. The van der Waals surface area contributed by atoms with E-state index in [0.29, 0.717) is 15.8 Å². The number of fused-ring (bicyclic) bond motifs is 1. The van der Waals surface area contributed by atoms with Crippen molar-refractivity contribution in [3.8, 4) is 0 Å². The molecule has 0 saturated carbocycles. The minimum atomic E-state index is 0.0477. The fourth-order valence-corrected chi connectivity index (χ4v) is 4.40. The Kier molecular flexibility index (Phi) is 4.20. The molecule has 1 fully saturated rings. The summed E-state index contributed by atoms with van der Waals surface area (Å²) in [6, 6.07) is 8.01. The van der Waals surface area contributed by atoms with Gasteiger partial charge in [0.25, 0.3) is 5.91 Å². The molecule has 1 saturated heterocycles. The first-order valence-corrected chi connectivity index (χ1v) is 8.49. The van der Waals surface area contributed by atoms with Crippen LogP contribution in [0.15, 0.2) is 24.3 Å². The molecule has 2 atom stereocenters. The summed E-state index contributed by atoms with van der Waals surface area (Å²) in [4.78, 5) is 15.3. The fourth-order valence-electron chi connectivity index (χ4n) is 2.92. The van der Waals surface area contributed by atoms with Crippen LogP contribution < -0.4 is 5.73 Å². The first-order valence-electron chi connectivity index (χ1n) is 7.30. The molecule has 0 aliphatic carbocycles. The number of rotatable bonds is 2. The quantitative estimate of drug-likeness (QED) is 0.915. The van der Waals surface area contributed by atoms with Gasteiger partial charge in [-0.1, -0.05) is 29.8 Å². The molecule has 2 N–H and O–H groups in total. The number of benzene rings is 1. The van der Waals surface area contributed by atoms with E-state index in [-0.39, 0.29) is 11.9 Å². The van der Waals surface area contributed by atoms with Crippen molar-refractivity contribution in [3.05, 3.63) is 34.2 Å². The Bertz CT molecular complexity index is 667. The Labute approximate surface area is 133 Å². The maximum absolute atomic E-state index is 12.8. The van der Waals surface area contributed by atoms with Gasteiger partial charge in [0.15, 0.2) is 0 Å². The van der Waals surface area contributed by atoms with Crippen molar-refractivity contribution in [1.82, 2.24) is 4.90 Å². The minimum absolute atomic E-state index is 0.0477. The van der Waals surface area contributed by atoms with Gasteiger partial charge < -0.3 is 10.6 Å². The predicted molar refractivity (Wildman–Crippen MR) is 89.1 cm³/mol. The monoisotopic (exact) mass is 322 g/mol. The summed E-state index contributed by atoms with van der Waals surface area (Å²) in [5.74, 6) is 0.433. The van der Waals surface area contributed by atoms with Gasteiger partial charge in [-0.3, -0.25) is 4.79 Å². The van der Waals surface area contributed by atoms with Crippen LogP contribution in [-0.2, 0) is 0 Å². The van der Waals surface area contributed by atoms with Gasteiger partial charge in [0.05, 0.1) is 5.02 Å². The molecule has 0 spiro atoms. The smallest absolute Gasteiger partial charge is 0.265 e. The Balaban J connectivity index is 1.88. The number of nitrogens with two attached hydrogens (primary N) is 1. The largest absolute Gasteiger partial charge is 0.338 e. The van der Waals surface area contributed by atoms with E-state index in [1.54, 1.807) is 0 Å². The Morgan fingerprint density at radius 1 is 1.48 bits per heavy atom. The van der Waals surface area contributed by atoms with Crippen LogP contribution in [0.4, 0.5) is 0 Å². The Hall–Kier alpha value is -1.10. The third-order valence-corrected chi connectivity index (χ3v) is 5.88. The number of carbonyl (C=O) groups excluding carboxylic acids is 1. The highest BCUT2D eigenvalue weighted by Crippen LogP contribution is 2.36. The van der Waals surface area contributed by atoms with Crippen LogP contribution in [0.2, 0.25) is 5.02 Å². The van der Waals surface area contributed by atoms with Gasteiger partial charge >= 0.3 is 0 Å². The van der Waals surface area contributed by atoms with Crippen molar-refractivity contribution in [1.29, 1.82) is 0 Å². The number of carbonyl (C=O) groups is 1. The van der Waals surface area contributed by atoms with Crippen molar-refractivity contribution in [2.75, 3.05) is 13.1 Å². The maximum atomic E-state index is 12.8. The lowest BCUT2D eigenvalue weighted by molar-refractivity contribution is 0.0666. The van der Waals surface area contributed by atoms with Crippen LogP contribution in [0, 0.1) is 5.92 Å². The van der Waals surface area contributed by atoms with E-state index in [9.17, 15) is 4.79 Å². The zero-order valence-corrected chi connectivity index (χ0v) is 13.6. The molecule has 2 aromatic rings. The van der Waals surface area contributed by atoms with Crippen LogP contribution >= 0.6 is 22.9 Å². The fraction of sp³-hybridized carbons (Fsp3) is 0.438. The van der Waals surface area contributed by atoms with E-state index in [1.165, 1.54) is 11.3 Å². The molecule has 112 valence electrons. The zero-order valence-electron chi connectivity index (χ0n) is 12.0. The van der Waals surface area contributed by atoms with E-state index in [1.807, 2.05) is 36.1 Å². The second-order valence-corrected chi connectivity index (χ2v) is 7.18. The third kappa shape index (κ3) is 2.80. The van der Waals surface area contributed by atoms with E-state index in [2.05, 4.69) is 0 Å². The van der Waals surface area contributed by atoms with Gasteiger partial charge in [-0.05, 0) is 31.7 Å². The molecule has 0 radical (unpaired) electrons. The lowest BCUT2D eigenvalue weighted by Crippen LogP contribution is -2.44. The molecule has 1 aliphatic rings. The number of hydrogen-bond acceptors (Lipinski definition) is 3. The molecule has 1 aromatic heterocycles. The van der Waals surface area contributed by atoms with Gasteiger partial charge in [0.2, 0.25) is 0 Å². The molecule has 3 nitrogen and oxygen atoms in total. The molecular formula is C16H19ClN2OS. The molecule has 0 unspecified atom stereocenters. The lowest BCUT2D eigenvalue weighted by atomic mass is 9.92. The van der Waals surface area contributed by atoms with Gasteiger partial charge in [0.1, 0.15) is 4.88 Å². The van der Waals surface area contributed by atoms with Crippen molar-refractivity contribution < 1.29 is 4.79 Å². The number of thiophene rings is 1. The Morgan fingerprint density at radius 2 is 2.24 bits per heavy atom. The molecule has 0 bridgehead atoms. The van der Waals surface area contributed by atoms with Crippen molar-refractivity contribution in [2.24, 2.45) is 11.7 Å². The lowest BCUT2D eigenvalue weighted by Gasteiger charge is -2.34. The maximum Gasteiger partial charge on any atom is 0.265 e. The number of nitrogens with zero attached hydrogens (tertiary/aromatic N) is 1. The number of halogens is 1. The summed E-state index contributed by atoms with van der Waals surface area (Å²) >= 11 is 7.89. The van der Waals surface area contributed by atoms with Crippen LogP contribution in [0.3, 0.4) is 0 Å². The van der Waals surface area contributed by atoms with Crippen LogP contribution in [-0.4, -0.2) is 29.9 Å². The van der Waals surface area contributed by atoms with Crippen LogP contribution in [0.5, 0.6) is 0 Å². The topological polar surface area (TPSA) is 46.3 Å². The second kappa shape index (κ2) is 5.95. The summed E-state index contributed by atoms with van der Waals surface area (Å²) in [6.45, 7) is 3.55. The first kappa shape index (κ1) is 14.8.